The summed E-state index contributed by atoms with van der Waals surface area (Å²) in [4.78, 5) is 33.9. The number of hydrogen-bond donors (Lipinski definition) is 0. The van der Waals surface area contributed by atoms with E-state index in [-0.39, 0.29) is 11.3 Å². The Morgan fingerprint density at radius 3 is 2.47 bits per heavy atom. The summed E-state index contributed by atoms with van der Waals surface area (Å²) >= 11 is 0. The topological polar surface area (TPSA) is 84.2 Å². The van der Waals surface area contributed by atoms with E-state index in [0.29, 0.717) is 0 Å². The molecular weight excluding hydrogens is 198 g/mol. The molecule has 0 radical (unpaired) electrons. The summed E-state index contributed by atoms with van der Waals surface area (Å²) < 4.78 is 4.63. The van der Waals surface area contributed by atoms with Gasteiger partial charge in [-0.3, -0.25) is 14.4 Å². The lowest BCUT2D eigenvalue weighted by Gasteiger charge is -2.11. The van der Waals surface area contributed by atoms with Gasteiger partial charge in [-0.1, -0.05) is 0 Å². The van der Waals surface area contributed by atoms with Gasteiger partial charge in [-0.2, -0.15) is 5.26 Å². The average Bonchev–Trinajstić information content (AvgIpc) is 2.19. The Kier molecular flexibility index (Phi) is 2.81. The number of ether oxygens (including phenoxy) is 1. The molecule has 0 spiro atoms. The average molecular weight is 205 g/mol. The first-order valence-electron chi connectivity index (χ1n) is 4.03. The Labute approximate surface area is 85.6 Å². The molecule has 0 aliphatic heterocycles. The quantitative estimate of drug-likeness (QED) is 0.470. The van der Waals surface area contributed by atoms with Crippen molar-refractivity contribution in [2.24, 2.45) is 0 Å². The maximum absolute atomic E-state index is 11.5. The number of methoxy groups -OCH3 is 1. The van der Waals surface area contributed by atoms with Crippen LogP contribution in [0.2, 0.25) is 0 Å². The van der Waals surface area contributed by atoms with E-state index in [2.05, 4.69) is 4.74 Å². The molecule has 0 atom stereocenters. The van der Waals surface area contributed by atoms with E-state index >= 15 is 0 Å². The highest BCUT2D eigenvalue weighted by molar-refractivity contribution is 6.33. The first-order chi connectivity index (χ1) is 7.02. The number of allylic oxidation sites excluding steroid dienone is 3. The van der Waals surface area contributed by atoms with Gasteiger partial charge in [-0.25, -0.2) is 0 Å². The Morgan fingerprint density at radius 2 is 2.07 bits per heavy atom. The number of rotatable bonds is 2. The molecule has 5 nitrogen and oxygen atoms in total. The maximum atomic E-state index is 11.5. The van der Waals surface area contributed by atoms with Crippen molar-refractivity contribution in [3.8, 4) is 6.07 Å². The van der Waals surface area contributed by atoms with Gasteiger partial charge < -0.3 is 4.74 Å². The van der Waals surface area contributed by atoms with Gasteiger partial charge in [0.15, 0.2) is 17.3 Å². The molecule has 0 saturated heterocycles. The normalized spacial score (nSPS) is 15.9. The van der Waals surface area contributed by atoms with Gasteiger partial charge in [-0.15, -0.1) is 0 Å². The smallest absolute Gasteiger partial charge is 0.239 e. The lowest BCUT2D eigenvalue weighted by molar-refractivity contribution is -0.121. The summed E-state index contributed by atoms with van der Waals surface area (Å²) in [6.07, 6.45) is 0.917. The minimum absolute atomic E-state index is 0.221. The fraction of sp³-hybridized carbons (Fsp3) is 0.200. The van der Waals surface area contributed by atoms with Gasteiger partial charge >= 0.3 is 0 Å². The molecule has 0 aromatic heterocycles. The molecule has 0 saturated carbocycles. The fourth-order valence-electron chi connectivity index (χ4n) is 1.22. The molecule has 15 heavy (non-hydrogen) atoms. The largest absolute Gasteiger partial charge is 0.492 e. The van der Waals surface area contributed by atoms with Crippen molar-refractivity contribution in [1.82, 2.24) is 0 Å². The molecular formula is C10H7NO4. The second kappa shape index (κ2) is 3.88. The molecule has 0 bridgehead atoms. The van der Waals surface area contributed by atoms with Gasteiger partial charge in [0, 0.05) is 6.08 Å². The van der Waals surface area contributed by atoms with E-state index in [9.17, 15) is 14.4 Å². The van der Waals surface area contributed by atoms with Gasteiger partial charge in [0.2, 0.25) is 5.78 Å². The van der Waals surface area contributed by atoms with Crippen LogP contribution >= 0.6 is 0 Å². The summed E-state index contributed by atoms with van der Waals surface area (Å²) in [6, 6.07) is 1.55. The minimum atomic E-state index is -0.732. The van der Waals surface area contributed by atoms with Crippen molar-refractivity contribution in [2.45, 2.75) is 6.92 Å². The summed E-state index contributed by atoms with van der Waals surface area (Å²) in [5, 5.41) is 8.70. The molecule has 1 aliphatic carbocycles. The first kappa shape index (κ1) is 10.9. The zero-order valence-electron chi connectivity index (χ0n) is 8.16. The number of Topliss-reactive ketones (excluding diaryl/α,β-unsaturated/α-hetero) is 2. The highest BCUT2D eigenvalue weighted by Crippen LogP contribution is 2.19. The van der Waals surface area contributed by atoms with Gasteiger partial charge in [-0.05, 0) is 6.92 Å². The summed E-state index contributed by atoms with van der Waals surface area (Å²) in [5.41, 5.74) is -0.824. The van der Waals surface area contributed by atoms with Crippen LogP contribution < -0.4 is 0 Å². The van der Waals surface area contributed by atoms with Crippen LogP contribution in [0.25, 0.3) is 0 Å². The fourth-order valence-corrected chi connectivity index (χ4v) is 1.22. The monoisotopic (exact) mass is 205 g/mol. The second-order valence-electron chi connectivity index (χ2n) is 2.82. The van der Waals surface area contributed by atoms with Crippen LogP contribution in [0.3, 0.4) is 0 Å². The number of carbonyl (C=O) groups is 3. The van der Waals surface area contributed by atoms with Crippen LogP contribution in [0.1, 0.15) is 6.92 Å². The zero-order chi connectivity index (χ0) is 11.6. The van der Waals surface area contributed by atoms with Crippen LogP contribution in [0, 0.1) is 11.3 Å². The first-order valence-corrected chi connectivity index (χ1v) is 4.03. The molecule has 1 rings (SSSR count). The Balaban J connectivity index is 3.38. The summed E-state index contributed by atoms with van der Waals surface area (Å²) in [6.45, 7) is 1.13. The second-order valence-corrected chi connectivity index (χ2v) is 2.82. The Morgan fingerprint density at radius 1 is 1.47 bits per heavy atom. The molecule has 1 aliphatic rings. The summed E-state index contributed by atoms with van der Waals surface area (Å²) in [7, 11) is 1.21. The Bertz CT molecular complexity index is 462. The van der Waals surface area contributed by atoms with E-state index in [0.717, 1.165) is 13.0 Å². The van der Waals surface area contributed by atoms with Crippen molar-refractivity contribution in [2.75, 3.05) is 7.11 Å². The summed E-state index contributed by atoms with van der Waals surface area (Å²) in [5.74, 6) is -2.22. The minimum Gasteiger partial charge on any atom is -0.492 e. The standard InChI is InChI=1S/C10H7NO4/c1-5(12)9-6(4-11)10(14)8(15-2)3-7(9)13/h3H,1-2H3. The molecule has 76 valence electrons. The van der Waals surface area contributed by atoms with Crippen LogP contribution in [0.4, 0.5) is 0 Å². The van der Waals surface area contributed by atoms with Crippen molar-refractivity contribution in [3.05, 3.63) is 23.0 Å². The van der Waals surface area contributed by atoms with Crippen LogP contribution in [-0.4, -0.2) is 24.5 Å². The highest BCUT2D eigenvalue weighted by atomic mass is 16.5. The van der Waals surface area contributed by atoms with E-state index in [4.69, 9.17) is 5.26 Å². The van der Waals surface area contributed by atoms with Gasteiger partial charge in [0.25, 0.3) is 0 Å². The lowest BCUT2D eigenvalue weighted by Crippen LogP contribution is -2.23. The predicted octanol–water partition coefficient (Wildman–Crippen LogP) is 0.0777. The van der Waals surface area contributed by atoms with Gasteiger partial charge in [0.1, 0.15) is 11.6 Å². The molecule has 0 amide bonds. The third-order valence-corrected chi connectivity index (χ3v) is 1.89. The zero-order valence-corrected chi connectivity index (χ0v) is 8.16. The predicted molar refractivity (Wildman–Crippen MR) is 48.4 cm³/mol. The number of carbonyl (C=O) groups excluding carboxylic acids is 3. The molecule has 0 N–H and O–H groups in total. The van der Waals surface area contributed by atoms with Crippen LogP contribution in [0.5, 0.6) is 0 Å². The molecule has 0 unspecified atom stereocenters. The number of nitrogens with zero attached hydrogens (tertiary/aromatic N) is 1. The maximum Gasteiger partial charge on any atom is 0.239 e. The third-order valence-electron chi connectivity index (χ3n) is 1.89. The van der Waals surface area contributed by atoms with E-state index in [1.54, 1.807) is 6.07 Å². The van der Waals surface area contributed by atoms with Crippen molar-refractivity contribution in [1.29, 1.82) is 5.26 Å². The molecule has 0 aromatic rings. The van der Waals surface area contributed by atoms with E-state index in [1.807, 2.05) is 0 Å². The van der Waals surface area contributed by atoms with Crippen LogP contribution in [-0.2, 0) is 19.1 Å². The van der Waals surface area contributed by atoms with E-state index < -0.39 is 22.9 Å². The lowest BCUT2D eigenvalue weighted by atomic mass is 9.92. The van der Waals surface area contributed by atoms with Crippen molar-refractivity contribution < 1.29 is 19.1 Å². The van der Waals surface area contributed by atoms with Crippen molar-refractivity contribution in [3.63, 3.8) is 0 Å². The van der Waals surface area contributed by atoms with Crippen molar-refractivity contribution >= 4 is 17.3 Å². The SMILES string of the molecule is COC1=CC(=O)C(C(C)=O)=C(C#N)C1=O. The highest BCUT2D eigenvalue weighted by Gasteiger charge is 2.31. The Hall–Kier alpha value is -2.22. The number of hydrogen-bond acceptors (Lipinski definition) is 5. The third kappa shape index (κ3) is 1.70. The number of nitriles is 1. The molecule has 0 aromatic carbocycles. The van der Waals surface area contributed by atoms with Crippen LogP contribution in [0.15, 0.2) is 23.0 Å². The number of ketones is 3. The van der Waals surface area contributed by atoms with Gasteiger partial charge in [0.05, 0.1) is 12.7 Å². The molecule has 0 heterocycles. The van der Waals surface area contributed by atoms with E-state index in [1.165, 1.54) is 7.11 Å². The molecule has 0 fully saturated rings. The molecule has 5 heteroatoms.